The van der Waals surface area contributed by atoms with Gasteiger partial charge in [-0.15, -0.1) is 11.3 Å². The smallest absolute Gasteiger partial charge is 0.261 e. The Balaban J connectivity index is 1.80. The Morgan fingerprint density at radius 1 is 1.00 bits per heavy atom. The number of carbonyl (C=O) groups excluding carboxylic acids is 2. The molecule has 0 atom stereocenters. The molecule has 2 rings (SSSR count). The third-order valence-electron chi connectivity index (χ3n) is 3.25. The molecule has 1 aromatic heterocycles. The van der Waals surface area contributed by atoms with Crippen LogP contribution in [-0.2, 0) is 6.54 Å². The monoisotopic (exact) mass is 331 g/mol. The second-order valence-electron chi connectivity index (χ2n) is 4.97. The maximum absolute atomic E-state index is 11.9. The summed E-state index contributed by atoms with van der Waals surface area (Å²) in [7, 11) is 0. The molecule has 0 aliphatic carbocycles. The van der Waals surface area contributed by atoms with E-state index >= 15 is 0 Å². The molecule has 0 fully saturated rings. The molecule has 2 aromatic rings. The minimum atomic E-state index is -0.0860. The molecule has 0 aliphatic rings. The predicted molar refractivity (Wildman–Crippen MR) is 92.8 cm³/mol. The zero-order valence-corrected chi connectivity index (χ0v) is 13.9. The summed E-state index contributed by atoms with van der Waals surface area (Å²) in [6.45, 7) is 4.72. The molecule has 0 unspecified atom stereocenters. The average Bonchev–Trinajstić information content (AvgIpc) is 3.11. The lowest BCUT2D eigenvalue weighted by Gasteiger charge is -2.07. The van der Waals surface area contributed by atoms with Gasteiger partial charge in [0.25, 0.3) is 11.8 Å². The Morgan fingerprint density at radius 2 is 1.78 bits per heavy atom. The van der Waals surface area contributed by atoms with Gasteiger partial charge in [-0.1, -0.05) is 25.1 Å². The zero-order valence-electron chi connectivity index (χ0n) is 13.1. The van der Waals surface area contributed by atoms with Crippen LogP contribution < -0.4 is 16.0 Å². The normalized spacial score (nSPS) is 10.3. The maximum Gasteiger partial charge on any atom is 0.261 e. The van der Waals surface area contributed by atoms with Crippen molar-refractivity contribution in [2.24, 2.45) is 0 Å². The van der Waals surface area contributed by atoms with E-state index in [1.807, 2.05) is 30.5 Å². The van der Waals surface area contributed by atoms with Crippen molar-refractivity contribution in [3.63, 3.8) is 0 Å². The van der Waals surface area contributed by atoms with Gasteiger partial charge in [0.1, 0.15) is 0 Å². The van der Waals surface area contributed by atoms with Crippen molar-refractivity contribution in [1.29, 1.82) is 0 Å². The summed E-state index contributed by atoms with van der Waals surface area (Å²) in [5, 5.41) is 10.7. The standard InChI is InChI=1S/C17H21N3O2S/c1-2-18-9-10-19-16(21)14-7-5-13(6-8-14)12-20-17(22)15-4-3-11-23-15/h3-8,11,18H,2,9-10,12H2,1H3,(H,19,21)(H,20,22). The van der Waals surface area contributed by atoms with Crippen LogP contribution in [0, 0.1) is 0 Å². The van der Waals surface area contributed by atoms with E-state index in [2.05, 4.69) is 16.0 Å². The van der Waals surface area contributed by atoms with Gasteiger partial charge in [0.15, 0.2) is 0 Å². The molecule has 1 aromatic carbocycles. The minimum Gasteiger partial charge on any atom is -0.351 e. The third-order valence-corrected chi connectivity index (χ3v) is 4.12. The third kappa shape index (κ3) is 5.50. The van der Waals surface area contributed by atoms with Crippen LogP contribution in [0.2, 0.25) is 0 Å². The largest absolute Gasteiger partial charge is 0.351 e. The first kappa shape index (κ1) is 17.2. The molecular weight excluding hydrogens is 310 g/mol. The molecule has 0 saturated carbocycles. The lowest BCUT2D eigenvalue weighted by Crippen LogP contribution is -2.31. The molecule has 3 N–H and O–H groups in total. The summed E-state index contributed by atoms with van der Waals surface area (Å²) in [4.78, 5) is 24.5. The Hall–Kier alpha value is -2.18. The number of likely N-dealkylation sites (N-methyl/N-ethyl adjacent to an activating group) is 1. The molecule has 0 spiro atoms. The quantitative estimate of drug-likeness (QED) is 0.648. The van der Waals surface area contributed by atoms with Crippen molar-refractivity contribution in [3.05, 3.63) is 57.8 Å². The Bertz CT molecular complexity index is 624. The second kappa shape index (κ2) is 9.07. The number of nitrogens with one attached hydrogen (secondary N) is 3. The van der Waals surface area contributed by atoms with Crippen molar-refractivity contribution in [2.75, 3.05) is 19.6 Å². The van der Waals surface area contributed by atoms with E-state index < -0.39 is 0 Å². The van der Waals surface area contributed by atoms with Crippen LogP contribution in [0.15, 0.2) is 41.8 Å². The molecule has 0 saturated heterocycles. The van der Waals surface area contributed by atoms with Crippen LogP contribution in [0.1, 0.15) is 32.5 Å². The van der Waals surface area contributed by atoms with E-state index in [0.717, 1.165) is 18.7 Å². The van der Waals surface area contributed by atoms with Gasteiger partial charge in [-0.05, 0) is 35.7 Å². The summed E-state index contributed by atoms with van der Waals surface area (Å²) >= 11 is 1.41. The summed E-state index contributed by atoms with van der Waals surface area (Å²) in [5.41, 5.74) is 1.58. The Kier molecular flexibility index (Phi) is 6.77. The van der Waals surface area contributed by atoms with Crippen molar-refractivity contribution < 1.29 is 9.59 Å². The van der Waals surface area contributed by atoms with Crippen LogP contribution in [-0.4, -0.2) is 31.4 Å². The number of rotatable bonds is 8. The number of hydrogen-bond donors (Lipinski definition) is 3. The molecule has 2 amide bonds. The number of amides is 2. The topological polar surface area (TPSA) is 70.2 Å². The van der Waals surface area contributed by atoms with E-state index in [1.54, 1.807) is 18.2 Å². The summed E-state index contributed by atoms with van der Waals surface area (Å²) in [6.07, 6.45) is 0. The molecule has 122 valence electrons. The van der Waals surface area contributed by atoms with Gasteiger partial charge in [0, 0.05) is 25.2 Å². The fourth-order valence-electron chi connectivity index (χ4n) is 1.99. The fourth-order valence-corrected chi connectivity index (χ4v) is 2.63. The van der Waals surface area contributed by atoms with Gasteiger partial charge in [-0.3, -0.25) is 9.59 Å². The fraction of sp³-hybridized carbons (Fsp3) is 0.294. The van der Waals surface area contributed by atoms with Crippen molar-refractivity contribution in [1.82, 2.24) is 16.0 Å². The average molecular weight is 331 g/mol. The highest BCUT2D eigenvalue weighted by atomic mass is 32.1. The second-order valence-corrected chi connectivity index (χ2v) is 5.91. The Morgan fingerprint density at radius 3 is 2.43 bits per heavy atom. The summed E-state index contributed by atoms with van der Waals surface area (Å²) in [5.74, 6) is -0.165. The van der Waals surface area contributed by atoms with Crippen LogP contribution in [0.3, 0.4) is 0 Å². The SMILES string of the molecule is CCNCCNC(=O)c1ccc(CNC(=O)c2cccs2)cc1. The number of benzene rings is 1. The van der Waals surface area contributed by atoms with Gasteiger partial charge >= 0.3 is 0 Å². The van der Waals surface area contributed by atoms with Crippen LogP contribution in [0.5, 0.6) is 0 Å². The molecule has 1 heterocycles. The minimum absolute atomic E-state index is 0.0785. The summed E-state index contributed by atoms with van der Waals surface area (Å²) in [6, 6.07) is 10.9. The van der Waals surface area contributed by atoms with E-state index in [9.17, 15) is 9.59 Å². The highest BCUT2D eigenvalue weighted by molar-refractivity contribution is 7.12. The zero-order chi connectivity index (χ0) is 16.5. The molecule has 5 nitrogen and oxygen atoms in total. The van der Waals surface area contributed by atoms with Crippen LogP contribution in [0.4, 0.5) is 0 Å². The van der Waals surface area contributed by atoms with Gasteiger partial charge in [0.05, 0.1) is 4.88 Å². The van der Waals surface area contributed by atoms with Gasteiger partial charge in [0.2, 0.25) is 0 Å². The van der Waals surface area contributed by atoms with Gasteiger partial charge in [-0.2, -0.15) is 0 Å². The van der Waals surface area contributed by atoms with E-state index in [1.165, 1.54) is 11.3 Å². The Labute approximate surface area is 140 Å². The van der Waals surface area contributed by atoms with Crippen LogP contribution >= 0.6 is 11.3 Å². The van der Waals surface area contributed by atoms with E-state index in [-0.39, 0.29) is 11.8 Å². The van der Waals surface area contributed by atoms with Crippen LogP contribution in [0.25, 0.3) is 0 Å². The van der Waals surface area contributed by atoms with Crippen molar-refractivity contribution in [3.8, 4) is 0 Å². The molecular formula is C17H21N3O2S. The molecule has 6 heteroatoms. The number of hydrogen-bond acceptors (Lipinski definition) is 4. The first-order valence-electron chi connectivity index (χ1n) is 7.60. The summed E-state index contributed by atoms with van der Waals surface area (Å²) < 4.78 is 0. The number of thiophene rings is 1. The first-order chi connectivity index (χ1) is 11.2. The molecule has 0 radical (unpaired) electrons. The van der Waals surface area contributed by atoms with Crippen molar-refractivity contribution >= 4 is 23.2 Å². The predicted octanol–water partition coefficient (Wildman–Crippen LogP) is 2.02. The lowest BCUT2D eigenvalue weighted by atomic mass is 10.1. The highest BCUT2D eigenvalue weighted by Gasteiger charge is 2.07. The maximum atomic E-state index is 11.9. The van der Waals surface area contributed by atoms with Gasteiger partial charge in [-0.25, -0.2) is 0 Å². The highest BCUT2D eigenvalue weighted by Crippen LogP contribution is 2.09. The number of carbonyl (C=O) groups is 2. The first-order valence-corrected chi connectivity index (χ1v) is 8.48. The molecule has 0 bridgehead atoms. The van der Waals surface area contributed by atoms with Gasteiger partial charge < -0.3 is 16.0 Å². The lowest BCUT2D eigenvalue weighted by molar-refractivity contribution is 0.0945. The van der Waals surface area contributed by atoms with E-state index in [0.29, 0.717) is 23.5 Å². The molecule has 23 heavy (non-hydrogen) atoms. The van der Waals surface area contributed by atoms with Crippen molar-refractivity contribution in [2.45, 2.75) is 13.5 Å². The molecule has 0 aliphatic heterocycles. The van der Waals surface area contributed by atoms with E-state index in [4.69, 9.17) is 0 Å².